The fraction of sp³-hybridized carbons (Fsp3) is 0.873. The first-order valence-electron chi connectivity index (χ1n) is 31.4. The molecule has 0 spiro atoms. The highest BCUT2D eigenvalue weighted by Crippen LogP contribution is 2.76. The van der Waals surface area contributed by atoms with E-state index in [2.05, 4.69) is 40.7 Å². The zero-order valence-electron chi connectivity index (χ0n) is 52.7. The number of carbonyl (C=O) groups excluding carboxylic acids is 2. The van der Waals surface area contributed by atoms with Crippen molar-refractivity contribution in [3.05, 3.63) is 34.9 Å². The van der Waals surface area contributed by atoms with Crippen LogP contribution in [0.15, 0.2) is 34.9 Å². The molecule has 0 bridgehead atoms. The highest BCUT2D eigenvalue weighted by atomic mass is 16.8. The van der Waals surface area contributed by atoms with Gasteiger partial charge in [0.15, 0.2) is 31.3 Å². The van der Waals surface area contributed by atoms with Crippen molar-refractivity contribution in [3.63, 3.8) is 0 Å². The fourth-order valence-electron chi connectivity index (χ4n) is 17.5. The third-order valence-electron chi connectivity index (χ3n) is 23.3. The second-order valence-corrected chi connectivity index (χ2v) is 28.8. The highest BCUT2D eigenvalue weighted by Gasteiger charge is 2.74. The number of carbonyl (C=O) groups is 2. The van der Waals surface area contributed by atoms with Gasteiger partial charge in [-0.2, -0.15) is 0 Å². The number of aliphatic hydroxyl groups excluding tert-OH is 13. The largest absolute Gasteiger partial charge is 0.454 e. The standard InChI is InChI=1S/C63H100O25/c1-13-27(3)52(77)87-50-51(88-53(78)28(4)14-2)63(26-66)31(21-58(50,6)7)30-15-16-36-60(10)19-18-38(59(8,9)35(60)17-20-61(36,11)62(30,12)22-37(63)67)84-56-48(42(71)34(25-79-56)83-55-47(76)44(73)40(69)32(23-64)81-55)86-57-49(45(74)41(70)33(24-65)82-57)85-54-46(75)43(72)39(68)29(5)80-54/h13-15,29,31-51,54-57,64-76H,16-26H2,1-12H3/b27-13-,28-14-/t29-,31-,32+,33+,34-,35-,36+,37+,38-,39-,40+,41+,42-,43+,44-,45-,46+,47+,48+,49+,50-,51-,54-,55-,56-,57-,60-,61+,62+,63-/m0/s1. The number of rotatable bonds is 15. The Kier molecular flexibility index (Phi) is 20.5. The van der Waals surface area contributed by atoms with Crippen molar-refractivity contribution >= 4 is 11.9 Å². The summed E-state index contributed by atoms with van der Waals surface area (Å²) >= 11 is 0. The van der Waals surface area contributed by atoms with Crippen LogP contribution in [0.25, 0.3) is 0 Å². The minimum atomic E-state index is -1.94. The van der Waals surface area contributed by atoms with Gasteiger partial charge in [0.1, 0.15) is 91.6 Å². The number of hydrogen-bond acceptors (Lipinski definition) is 25. The molecule has 8 fully saturated rings. The Bertz CT molecular complexity index is 2580. The molecule has 0 radical (unpaired) electrons. The second-order valence-electron chi connectivity index (χ2n) is 28.8. The number of fused-ring (bicyclic) bond motifs is 7. The lowest BCUT2D eigenvalue weighted by atomic mass is 9.33. The Morgan fingerprint density at radius 3 is 1.74 bits per heavy atom. The summed E-state index contributed by atoms with van der Waals surface area (Å²) in [5.74, 6) is -1.68. The van der Waals surface area contributed by atoms with E-state index in [1.54, 1.807) is 39.8 Å². The molecule has 5 aliphatic carbocycles. The van der Waals surface area contributed by atoms with E-state index in [1.807, 2.05) is 13.8 Å². The average Bonchev–Trinajstić information content (AvgIpc) is 0.682. The maximum absolute atomic E-state index is 13.9. The minimum Gasteiger partial charge on any atom is -0.454 e. The first-order chi connectivity index (χ1) is 41.2. The molecule has 0 unspecified atom stereocenters. The summed E-state index contributed by atoms with van der Waals surface area (Å²) in [6.07, 6.45) is -26.7. The van der Waals surface area contributed by atoms with Crippen molar-refractivity contribution in [3.8, 4) is 0 Å². The third kappa shape index (κ3) is 11.5. The molecule has 88 heavy (non-hydrogen) atoms. The van der Waals surface area contributed by atoms with Crippen LogP contribution in [0.5, 0.6) is 0 Å². The number of aliphatic hydroxyl groups is 13. The van der Waals surface area contributed by atoms with E-state index in [0.717, 1.165) is 12.0 Å². The molecule has 4 saturated carbocycles. The summed E-state index contributed by atoms with van der Waals surface area (Å²) < 4.78 is 62.2. The fourth-order valence-corrected chi connectivity index (χ4v) is 17.5. The molecule has 0 aromatic heterocycles. The first-order valence-corrected chi connectivity index (χ1v) is 31.4. The molecule has 30 atom stereocenters. The van der Waals surface area contributed by atoms with Crippen LogP contribution in [0.4, 0.5) is 0 Å². The van der Waals surface area contributed by atoms with E-state index >= 15 is 0 Å². The van der Waals surface area contributed by atoms with Crippen LogP contribution in [-0.2, 0) is 57.0 Å². The molecule has 25 heteroatoms. The normalized spacial score (nSPS) is 50.3. The van der Waals surface area contributed by atoms with E-state index in [0.29, 0.717) is 43.3 Å². The van der Waals surface area contributed by atoms with Gasteiger partial charge in [0.05, 0.1) is 50.2 Å². The lowest BCUT2D eigenvalue weighted by molar-refractivity contribution is -0.398. The summed E-state index contributed by atoms with van der Waals surface area (Å²) in [6, 6.07) is 0. The van der Waals surface area contributed by atoms with Crippen LogP contribution in [0, 0.1) is 50.2 Å². The van der Waals surface area contributed by atoms with Gasteiger partial charge in [0.25, 0.3) is 0 Å². The molecule has 502 valence electrons. The Morgan fingerprint density at radius 1 is 0.602 bits per heavy atom. The Labute approximate surface area is 514 Å². The molecule has 0 amide bonds. The molecule has 9 aliphatic rings. The van der Waals surface area contributed by atoms with Crippen LogP contribution >= 0.6 is 0 Å². The molecule has 25 nitrogen and oxygen atoms in total. The molecular weight excluding hydrogens is 1160 g/mol. The zero-order chi connectivity index (χ0) is 64.9. The van der Waals surface area contributed by atoms with E-state index < -0.39 is 212 Å². The van der Waals surface area contributed by atoms with Crippen LogP contribution in [0.3, 0.4) is 0 Å². The van der Waals surface area contributed by atoms with E-state index in [9.17, 15) is 76.0 Å². The molecule has 0 aromatic carbocycles. The summed E-state index contributed by atoms with van der Waals surface area (Å²) in [7, 11) is 0. The smallest absolute Gasteiger partial charge is 0.333 e. The van der Waals surface area contributed by atoms with Crippen LogP contribution in [-0.4, -0.2) is 246 Å². The van der Waals surface area contributed by atoms with Gasteiger partial charge in [-0.15, -0.1) is 0 Å². The minimum absolute atomic E-state index is 0.0153. The van der Waals surface area contributed by atoms with Crippen molar-refractivity contribution in [2.24, 2.45) is 50.2 Å². The van der Waals surface area contributed by atoms with Crippen molar-refractivity contribution in [2.45, 2.75) is 269 Å². The highest BCUT2D eigenvalue weighted by molar-refractivity contribution is 5.88. The molecule has 13 N–H and O–H groups in total. The third-order valence-corrected chi connectivity index (χ3v) is 23.3. The molecule has 4 aliphatic heterocycles. The summed E-state index contributed by atoms with van der Waals surface area (Å²) in [4.78, 5) is 27.5. The molecule has 4 heterocycles. The number of esters is 2. The number of ether oxygens (including phenoxy) is 10. The lowest BCUT2D eigenvalue weighted by Crippen LogP contribution is -2.72. The van der Waals surface area contributed by atoms with Gasteiger partial charge < -0.3 is 114 Å². The van der Waals surface area contributed by atoms with Gasteiger partial charge in [-0.3, -0.25) is 0 Å². The van der Waals surface area contributed by atoms with Crippen molar-refractivity contribution < 1.29 is 123 Å². The van der Waals surface area contributed by atoms with Gasteiger partial charge in [-0.25, -0.2) is 9.59 Å². The predicted octanol–water partition coefficient (Wildman–Crippen LogP) is 0.0514. The summed E-state index contributed by atoms with van der Waals surface area (Å²) in [6.45, 7) is 20.6. The topological polar surface area (TPSA) is 389 Å². The van der Waals surface area contributed by atoms with Gasteiger partial charge in [0, 0.05) is 16.6 Å². The Balaban J connectivity index is 1.02. The second kappa shape index (κ2) is 25.9. The van der Waals surface area contributed by atoms with Crippen LogP contribution < -0.4 is 0 Å². The average molecular weight is 1260 g/mol. The Hall–Kier alpha value is -2.68. The molecule has 0 aromatic rings. The van der Waals surface area contributed by atoms with Crippen LogP contribution in [0.2, 0.25) is 0 Å². The van der Waals surface area contributed by atoms with E-state index in [1.165, 1.54) is 6.92 Å². The zero-order valence-corrected chi connectivity index (χ0v) is 52.7. The van der Waals surface area contributed by atoms with Gasteiger partial charge in [0.2, 0.25) is 0 Å². The quantitative estimate of drug-likeness (QED) is 0.0446. The van der Waals surface area contributed by atoms with Gasteiger partial charge >= 0.3 is 11.9 Å². The monoisotopic (exact) mass is 1260 g/mol. The Morgan fingerprint density at radius 2 is 1.15 bits per heavy atom. The number of hydrogen-bond donors (Lipinski definition) is 13. The summed E-state index contributed by atoms with van der Waals surface area (Å²) in [5.41, 5.74) is -2.55. The van der Waals surface area contributed by atoms with Gasteiger partial charge in [-0.05, 0) is 119 Å². The van der Waals surface area contributed by atoms with Gasteiger partial charge in [-0.1, -0.05) is 72.3 Å². The van der Waals surface area contributed by atoms with E-state index in [4.69, 9.17) is 47.4 Å². The number of allylic oxidation sites excluding steroid dienone is 4. The first kappa shape index (κ1) is 69.7. The molecular formula is C63H100O25. The molecule has 9 rings (SSSR count). The lowest BCUT2D eigenvalue weighted by Gasteiger charge is -2.72. The van der Waals surface area contributed by atoms with E-state index in [-0.39, 0.29) is 23.7 Å². The maximum atomic E-state index is 13.9. The SMILES string of the molecule is C/C=C(/C)C(=O)O[C@H]1[C@H](OC(=O)/C(C)=C\C)[C@]2(CO)[C@H](O)C[C@]3(C)C(=CC[C@@H]4[C@@]5(C)CC[C@H](O[C@@H]6OC[C@H](O[C@@H]7O[C@H](CO)[C@@H](O)[C@H](O)[C@H]7O)[C@H](O)[C@H]6O[C@@H]6O[C@H](CO)[C@@H](O)[C@H](O)[C@H]6O[C@@H]6O[C@@H](C)[C@H](O)[C@@H](O)[C@H]6O)C(C)(C)[C@@H]5CC[C@]43C)[C@@H]2CC1(C)C. The maximum Gasteiger partial charge on any atom is 0.333 e. The predicted molar refractivity (Wildman–Crippen MR) is 306 cm³/mol. The van der Waals surface area contributed by atoms with Crippen molar-refractivity contribution in [2.75, 3.05) is 26.4 Å². The van der Waals surface area contributed by atoms with Crippen molar-refractivity contribution in [1.82, 2.24) is 0 Å². The van der Waals surface area contributed by atoms with Crippen LogP contribution in [0.1, 0.15) is 128 Å². The molecule has 4 saturated heterocycles. The van der Waals surface area contributed by atoms with Crippen molar-refractivity contribution in [1.29, 1.82) is 0 Å². The summed E-state index contributed by atoms with van der Waals surface area (Å²) in [5, 5.41) is 145.